The maximum Gasteiger partial charge on any atom is 0.0440 e. The first-order chi connectivity index (χ1) is 8.66. The fourth-order valence-electron chi connectivity index (χ4n) is 2.04. The molecule has 1 saturated carbocycles. The summed E-state index contributed by atoms with van der Waals surface area (Å²) in [4.78, 5) is 6.61. The maximum absolute atomic E-state index is 4.25. The Labute approximate surface area is 111 Å². The van der Waals surface area contributed by atoms with Crippen LogP contribution in [0.4, 0.5) is 5.69 Å². The lowest BCUT2D eigenvalue weighted by molar-refractivity contribution is 0.583. The largest absolute Gasteiger partial charge is 0.374 e. The summed E-state index contributed by atoms with van der Waals surface area (Å²) in [6.45, 7) is 6.60. The van der Waals surface area contributed by atoms with E-state index in [0.29, 0.717) is 0 Å². The van der Waals surface area contributed by atoms with Gasteiger partial charge < -0.3 is 10.2 Å². The van der Waals surface area contributed by atoms with Gasteiger partial charge >= 0.3 is 0 Å². The van der Waals surface area contributed by atoms with Gasteiger partial charge in [0, 0.05) is 49.8 Å². The van der Waals surface area contributed by atoms with E-state index in [1.807, 2.05) is 12.4 Å². The monoisotopic (exact) mass is 247 g/mol. The molecule has 3 nitrogen and oxygen atoms in total. The minimum absolute atomic E-state index is 0.749. The fraction of sp³-hybridized carbons (Fsp3) is 0.667. The molecular formula is C15H25N3. The number of aromatic nitrogens is 1. The zero-order valence-corrected chi connectivity index (χ0v) is 11.8. The van der Waals surface area contributed by atoms with E-state index in [1.54, 1.807) is 0 Å². The van der Waals surface area contributed by atoms with Crippen molar-refractivity contribution in [2.45, 2.75) is 45.7 Å². The first kappa shape index (κ1) is 13.3. The van der Waals surface area contributed by atoms with E-state index in [2.05, 4.69) is 42.2 Å². The zero-order chi connectivity index (χ0) is 13.0. The molecule has 0 amide bonds. The fourth-order valence-corrected chi connectivity index (χ4v) is 2.04. The van der Waals surface area contributed by atoms with Crippen LogP contribution in [0.5, 0.6) is 0 Å². The van der Waals surface area contributed by atoms with Gasteiger partial charge in [0.2, 0.25) is 0 Å². The molecule has 1 N–H and O–H groups in total. The summed E-state index contributed by atoms with van der Waals surface area (Å²) in [6, 6.07) is 2.88. The van der Waals surface area contributed by atoms with Crippen molar-refractivity contribution in [1.82, 2.24) is 10.3 Å². The molecule has 1 aromatic rings. The average Bonchev–Trinajstić information content (AvgIpc) is 3.18. The predicted octanol–water partition coefficient (Wildman–Crippen LogP) is 2.82. The molecule has 0 aliphatic heterocycles. The number of pyridine rings is 1. The molecule has 0 spiro atoms. The smallest absolute Gasteiger partial charge is 0.0440 e. The van der Waals surface area contributed by atoms with Gasteiger partial charge in [-0.05, 0) is 31.2 Å². The minimum Gasteiger partial charge on any atom is -0.374 e. The van der Waals surface area contributed by atoms with Crippen LogP contribution in [0.15, 0.2) is 18.5 Å². The molecule has 1 fully saturated rings. The summed E-state index contributed by atoms with van der Waals surface area (Å²) in [5.74, 6) is 0.752. The van der Waals surface area contributed by atoms with Gasteiger partial charge in [-0.25, -0.2) is 0 Å². The normalized spacial score (nSPS) is 15.1. The minimum atomic E-state index is 0.749. The first-order valence-corrected chi connectivity index (χ1v) is 7.04. The Morgan fingerprint density at radius 1 is 1.44 bits per heavy atom. The van der Waals surface area contributed by atoms with Crippen LogP contribution in [0.1, 0.15) is 38.7 Å². The summed E-state index contributed by atoms with van der Waals surface area (Å²) in [7, 11) is 2.18. The van der Waals surface area contributed by atoms with Gasteiger partial charge in [0.15, 0.2) is 0 Å². The number of hydrogen-bond donors (Lipinski definition) is 1. The molecule has 0 radical (unpaired) electrons. The lowest BCUT2D eigenvalue weighted by atomic mass is 10.1. The molecule has 0 aromatic carbocycles. The SMILES string of the molecule is CC(C)CCN(C)c1ccncc1CNC1CC1. The summed E-state index contributed by atoms with van der Waals surface area (Å²) >= 11 is 0. The molecule has 3 heteroatoms. The van der Waals surface area contributed by atoms with E-state index in [1.165, 1.54) is 30.5 Å². The highest BCUT2D eigenvalue weighted by molar-refractivity contribution is 5.51. The Balaban J connectivity index is 1.95. The quantitative estimate of drug-likeness (QED) is 0.803. The second-order valence-electron chi connectivity index (χ2n) is 5.76. The Morgan fingerprint density at radius 3 is 2.89 bits per heavy atom. The Hall–Kier alpha value is -1.09. The molecule has 1 aromatic heterocycles. The molecule has 100 valence electrons. The van der Waals surface area contributed by atoms with Crippen molar-refractivity contribution >= 4 is 5.69 Å². The van der Waals surface area contributed by atoms with Crippen molar-refractivity contribution in [1.29, 1.82) is 0 Å². The van der Waals surface area contributed by atoms with Crippen LogP contribution in [0.3, 0.4) is 0 Å². The van der Waals surface area contributed by atoms with Crippen molar-refractivity contribution in [2.75, 3.05) is 18.5 Å². The van der Waals surface area contributed by atoms with E-state index in [-0.39, 0.29) is 0 Å². The van der Waals surface area contributed by atoms with Crippen molar-refractivity contribution in [3.8, 4) is 0 Å². The van der Waals surface area contributed by atoms with Gasteiger partial charge in [0.25, 0.3) is 0 Å². The van der Waals surface area contributed by atoms with E-state index in [4.69, 9.17) is 0 Å². The first-order valence-electron chi connectivity index (χ1n) is 7.04. The molecule has 1 aliphatic rings. The van der Waals surface area contributed by atoms with Gasteiger partial charge in [-0.2, -0.15) is 0 Å². The molecule has 0 saturated heterocycles. The maximum atomic E-state index is 4.25. The topological polar surface area (TPSA) is 28.2 Å². The average molecular weight is 247 g/mol. The van der Waals surface area contributed by atoms with E-state index < -0.39 is 0 Å². The van der Waals surface area contributed by atoms with Crippen LogP contribution in [0, 0.1) is 5.92 Å². The number of nitrogens with one attached hydrogen (secondary N) is 1. The molecule has 18 heavy (non-hydrogen) atoms. The van der Waals surface area contributed by atoms with Gasteiger partial charge in [-0.3, -0.25) is 4.98 Å². The molecule has 1 heterocycles. The van der Waals surface area contributed by atoms with Gasteiger partial charge in [0.1, 0.15) is 0 Å². The number of hydrogen-bond acceptors (Lipinski definition) is 3. The highest BCUT2D eigenvalue weighted by atomic mass is 15.1. The molecular weight excluding hydrogens is 222 g/mol. The van der Waals surface area contributed by atoms with Crippen LogP contribution in [0.25, 0.3) is 0 Å². The Kier molecular flexibility index (Phi) is 4.59. The number of nitrogens with zero attached hydrogens (tertiary/aromatic N) is 2. The van der Waals surface area contributed by atoms with Crippen LogP contribution in [-0.2, 0) is 6.54 Å². The molecule has 0 atom stereocenters. The van der Waals surface area contributed by atoms with Crippen molar-refractivity contribution < 1.29 is 0 Å². The van der Waals surface area contributed by atoms with Gasteiger partial charge in [-0.1, -0.05) is 13.8 Å². The van der Waals surface area contributed by atoms with E-state index in [0.717, 1.165) is 25.0 Å². The van der Waals surface area contributed by atoms with Crippen LogP contribution < -0.4 is 10.2 Å². The Morgan fingerprint density at radius 2 is 2.22 bits per heavy atom. The summed E-state index contributed by atoms with van der Waals surface area (Å²) in [5, 5.41) is 3.57. The third kappa shape index (κ3) is 3.98. The lowest BCUT2D eigenvalue weighted by Crippen LogP contribution is -2.23. The molecule has 0 bridgehead atoms. The third-order valence-corrected chi connectivity index (χ3v) is 3.49. The van der Waals surface area contributed by atoms with Gasteiger partial charge in [-0.15, -0.1) is 0 Å². The molecule has 2 rings (SSSR count). The third-order valence-electron chi connectivity index (χ3n) is 3.49. The zero-order valence-electron chi connectivity index (χ0n) is 11.8. The second-order valence-corrected chi connectivity index (χ2v) is 5.76. The van der Waals surface area contributed by atoms with Crippen molar-refractivity contribution in [2.24, 2.45) is 5.92 Å². The van der Waals surface area contributed by atoms with E-state index in [9.17, 15) is 0 Å². The summed E-state index contributed by atoms with van der Waals surface area (Å²) in [5.41, 5.74) is 2.63. The lowest BCUT2D eigenvalue weighted by Gasteiger charge is -2.23. The van der Waals surface area contributed by atoms with Gasteiger partial charge in [0.05, 0.1) is 0 Å². The summed E-state index contributed by atoms with van der Waals surface area (Å²) < 4.78 is 0. The second kappa shape index (κ2) is 6.19. The standard InChI is InChI=1S/C15H25N3/c1-12(2)7-9-18(3)15-6-8-16-10-13(15)11-17-14-4-5-14/h6,8,10,12,14,17H,4-5,7,9,11H2,1-3H3. The van der Waals surface area contributed by atoms with Crippen molar-refractivity contribution in [3.63, 3.8) is 0 Å². The predicted molar refractivity (Wildman–Crippen MR) is 76.8 cm³/mol. The molecule has 0 unspecified atom stereocenters. The van der Waals surface area contributed by atoms with Crippen LogP contribution >= 0.6 is 0 Å². The highest BCUT2D eigenvalue weighted by Crippen LogP contribution is 2.22. The van der Waals surface area contributed by atoms with E-state index >= 15 is 0 Å². The summed E-state index contributed by atoms with van der Waals surface area (Å²) in [6.07, 6.45) is 7.78. The van der Waals surface area contributed by atoms with Crippen LogP contribution in [0.2, 0.25) is 0 Å². The molecule has 1 aliphatic carbocycles. The highest BCUT2D eigenvalue weighted by Gasteiger charge is 2.20. The number of rotatable bonds is 7. The van der Waals surface area contributed by atoms with Crippen LogP contribution in [-0.4, -0.2) is 24.6 Å². The van der Waals surface area contributed by atoms with Crippen molar-refractivity contribution in [3.05, 3.63) is 24.0 Å². The number of anilines is 1. The Bertz CT molecular complexity index is 372.